The molecule has 2 aliphatic carbocycles. The summed E-state index contributed by atoms with van der Waals surface area (Å²) in [5.74, 6) is 1.54. The fourth-order valence-corrected chi connectivity index (χ4v) is 4.03. The molecule has 1 aromatic rings. The molecular weight excluding hydrogens is 232 g/mol. The highest BCUT2D eigenvalue weighted by atomic mass is 15.3. The van der Waals surface area contributed by atoms with Crippen molar-refractivity contribution in [1.82, 2.24) is 9.78 Å². The van der Waals surface area contributed by atoms with Crippen molar-refractivity contribution in [1.29, 1.82) is 0 Å². The Hall–Kier alpha value is -0.790. The molecule has 0 atom stereocenters. The van der Waals surface area contributed by atoms with E-state index in [0.29, 0.717) is 0 Å². The second kappa shape index (κ2) is 6.11. The first-order valence-electron chi connectivity index (χ1n) is 8.46. The van der Waals surface area contributed by atoms with Crippen LogP contribution in [0.3, 0.4) is 0 Å². The van der Waals surface area contributed by atoms with Crippen LogP contribution < -0.4 is 0 Å². The highest BCUT2D eigenvalue weighted by Gasteiger charge is 2.24. The molecule has 2 saturated carbocycles. The summed E-state index contributed by atoms with van der Waals surface area (Å²) in [6.07, 6.45) is 14.0. The number of hydrogen-bond acceptors (Lipinski definition) is 1. The quantitative estimate of drug-likeness (QED) is 0.748. The lowest BCUT2D eigenvalue weighted by atomic mass is 9.84. The van der Waals surface area contributed by atoms with Crippen LogP contribution in [-0.4, -0.2) is 9.78 Å². The number of aromatic nitrogens is 2. The van der Waals surface area contributed by atoms with E-state index in [1.807, 2.05) is 0 Å². The summed E-state index contributed by atoms with van der Waals surface area (Å²) in [4.78, 5) is 0. The molecule has 3 rings (SSSR count). The van der Waals surface area contributed by atoms with Crippen LogP contribution >= 0.6 is 0 Å². The zero-order chi connectivity index (χ0) is 13.1. The molecule has 2 aliphatic rings. The Morgan fingerprint density at radius 3 is 2.11 bits per heavy atom. The minimum atomic E-state index is 0.754. The maximum absolute atomic E-state index is 4.94. The van der Waals surface area contributed by atoms with Crippen LogP contribution in [0.1, 0.15) is 94.4 Å². The van der Waals surface area contributed by atoms with Gasteiger partial charge in [0.1, 0.15) is 0 Å². The summed E-state index contributed by atoms with van der Waals surface area (Å²) in [5.41, 5.74) is 2.95. The number of aryl methyl sites for hydroxylation is 1. The SMILES string of the molecule is CCn1nc(C2CCCCC2)cc1C1CCCCC1. The standard InChI is InChI=1S/C17H28N2/c1-2-19-17(15-11-7-4-8-12-15)13-16(18-19)14-9-5-3-6-10-14/h13-15H,2-12H2,1H3. The van der Waals surface area contributed by atoms with E-state index < -0.39 is 0 Å². The van der Waals surface area contributed by atoms with Gasteiger partial charge in [-0.15, -0.1) is 0 Å². The Bertz CT molecular complexity index is 395. The first kappa shape index (κ1) is 13.2. The van der Waals surface area contributed by atoms with Gasteiger partial charge in [-0.1, -0.05) is 38.5 Å². The molecule has 1 aromatic heterocycles. The second-order valence-electron chi connectivity index (χ2n) is 6.48. The van der Waals surface area contributed by atoms with Gasteiger partial charge in [0.05, 0.1) is 5.69 Å². The van der Waals surface area contributed by atoms with Gasteiger partial charge in [0.15, 0.2) is 0 Å². The van der Waals surface area contributed by atoms with Gasteiger partial charge < -0.3 is 0 Å². The van der Waals surface area contributed by atoms with E-state index >= 15 is 0 Å². The van der Waals surface area contributed by atoms with Gasteiger partial charge in [0.25, 0.3) is 0 Å². The molecule has 19 heavy (non-hydrogen) atoms. The van der Waals surface area contributed by atoms with Crippen LogP contribution in [0.15, 0.2) is 6.07 Å². The second-order valence-corrected chi connectivity index (χ2v) is 6.48. The number of hydrogen-bond donors (Lipinski definition) is 0. The van der Waals surface area contributed by atoms with Gasteiger partial charge in [-0.25, -0.2) is 0 Å². The van der Waals surface area contributed by atoms with E-state index in [4.69, 9.17) is 5.10 Å². The van der Waals surface area contributed by atoms with E-state index in [1.165, 1.54) is 69.9 Å². The Balaban J connectivity index is 1.80. The minimum absolute atomic E-state index is 0.754. The van der Waals surface area contributed by atoms with Crippen molar-refractivity contribution in [3.63, 3.8) is 0 Å². The van der Waals surface area contributed by atoms with E-state index in [1.54, 1.807) is 5.69 Å². The van der Waals surface area contributed by atoms with Crippen molar-refractivity contribution < 1.29 is 0 Å². The van der Waals surface area contributed by atoms with Crippen LogP contribution in [0.4, 0.5) is 0 Å². The summed E-state index contributed by atoms with van der Waals surface area (Å²) in [7, 11) is 0. The summed E-state index contributed by atoms with van der Waals surface area (Å²) < 4.78 is 2.31. The van der Waals surface area contributed by atoms with E-state index in [2.05, 4.69) is 17.7 Å². The van der Waals surface area contributed by atoms with Crippen molar-refractivity contribution in [3.05, 3.63) is 17.5 Å². The fraction of sp³-hybridized carbons (Fsp3) is 0.824. The van der Waals surface area contributed by atoms with Crippen molar-refractivity contribution in [3.8, 4) is 0 Å². The molecule has 0 amide bonds. The Morgan fingerprint density at radius 2 is 1.53 bits per heavy atom. The van der Waals surface area contributed by atoms with Crippen molar-refractivity contribution in [2.24, 2.45) is 0 Å². The summed E-state index contributed by atoms with van der Waals surface area (Å²) in [6.45, 7) is 3.28. The third kappa shape index (κ3) is 2.88. The molecule has 0 N–H and O–H groups in total. The molecule has 0 aliphatic heterocycles. The molecule has 2 nitrogen and oxygen atoms in total. The molecule has 0 saturated heterocycles. The van der Waals surface area contributed by atoms with Crippen LogP contribution in [0.5, 0.6) is 0 Å². The lowest BCUT2D eigenvalue weighted by molar-refractivity contribution is 0.414. The van der Waals surface area contributed by atoms with Crippen molar-refractivity contribution >= 4 is 0 Å². The van der Waals surface area contributed by atoms with Gasteiger partial charge in [0.2, 0.25) is 0 Å². The molecule has 1 heterocycles. The van der Waals surface area contributed by atoms with E-state index in [9.17, 15) is 0 Å². The zero-order valence-electron chi connectivity index (χ0n) is 12.4. The first-order chi connectivity index (χ1) is 9.38. The third-order valence-electron chi connectivity index (χ3n) is 5.18. The number of rotatable bonds is 3. The Labute approximate surface area is 117 Å². The van der Waals surface area contributed by atoms with Crippen molar-refractivity contribution in [2.75, 3.05) is 0 Å². The topological polar surface area (TPSA) is 17.8 Å². The molecule has 0 radical (unpaired) electrons. The molecular formula is C17H28N2. The monoisotopic (exact) mass is 260 g/mol. The molecule has 106 valence electrons. The predicted molar refractivity (Wildman–Crippen MR) is 79.6 cm³/mol. The lowest BCUT2D eigenvalue weighted by Crippen LogP contribution is -2.11. The summed E-state index contributed by atoms with van der Waals surface area (Å²) >= 11 is 0. The van der Waals surface area contributed by atoms with Gasteiger partial charge >= 0.3 is 0 Å². The highest BCUT2D eigenvalue weighted by Crippen LogP contribution is 2.37. The predicted octanol–water partition coefficient (Wildman–Crippen LogP) is 5.00. The molecule has 2 heteroatoms. The smallest absolute Gasteiger partial charge is 0.0658 e. The van der Waals surface area contributed by atoms with Gasteiger partial charge in [0, 0.05) is 24.1 Å². The van der Waals surface area contributed by atoms with Gasteiger partial charge in [-0.2, -0.15) is 5.10 Å². The van der Waals surface area contributed by atoms with Crippen LogP contribution in [-0.2, 0) is 6.54 Å². The molecule has 0 spiro atoms. The first-order valence-corrected chi connectivity index (χ1v) is 8.46. The molecule has 2 fully saturated rings. The van der Waals surface area contributed by atoms with Crippen LogP contribution in [0, 0.1) is 0 Å². The number of nitrogens with zero attached hydrogens (tertiary/aromatic N) is 2. The lowest BCUT2D eigenvalue weighted by Gasteiger charge is -2.22. The summed E-state index contributed by atoms with van der Waals surface area (Å²) in [6, 6.07) is 2.47. The summed E-state index contributed by atoms with van der Waals surface area (Å²) in [5, 5.41) is 4.94. The normalized spacial score (nSPS) is 22.8. The maximum Gasteiger partial charge on any atom is 0.0658 e. The van der Waals surface area contributed by atoms with Crippen LogP contribution in [0.25, 0.3) is 0 Å². The average molecular weight is 260 g/mol. The van der Waals surface area contributed by atoms with Gasteiger partial charge in [-0.05, 0) is 38.7 Å². The Morgan fingerprint density at radius 1 is 0.947 bits per heavy atom. The van der Waals surface area contributed by atoms with Crippen molar-refractivity contribution in [2.45, 2.75) is 89.5 Å². The highest BCUT2D eigenvalue weighted by molar-refractivity contribution is 5.19. The molecule has 0 aromatic carbocycles. The van der Waals surface area contributed by atoms with Gasteiger partial charge in [-0.3, -0.25) is 4.68 Å². The third-order valence-corrected chi connectivity index (χ3v) is 5.18. The van der Waals surface area contributed by atoms with E-state index in [0.717, 1.165) is 18.4 Å². The largest absolute Gasteiger partial charge is 0.269 e. The average Bonchev–Trinajstić information content (AvgIpc) is 2.93. The van der Waals surface area contributed by atoms with Crippen LogP contribution in [0.2, 0.25) is 0 Å². The molecule has 0 bridgehead atoms. The molecule has 0 unspecified atom stereocenters. The Kier molecular flexibility index (Phi) is 4.24. The zero-order valence-corrected chi connectivity index (χ0v) is 12.4. The van der Waals surface area contributed by atoms with E-state index in [-0.39, 0.29) is 0 Å². The minimum Gasteiger partial charge on any atom is -0.269 e. The maximum atomic E-state index is 4.94. The fourth-order valence-electron chi connectivity index (χ4n) is 4.03.